The summed E-state index contributed by atoms with van der Waals surface area (Å²) in [5, 5.41) is 9.00. The summed E-state index contributed by atoms with van der Waals surface area (Å²) in [7, 11) is 0. The van der Waals surface area contributed by atoms with Crippen LogP contribution in [0.3, 0.4) is 0 Å². The molecule has 1 aliphatic rings. The molecule has 0 amide bonds. The smallest absolute Gasteiger partial charge is 0.406 e. The summed E-state index contributed by atoms with van der Waals surface area (Å²) in [6, 6.07) is 8.26. The standard InChI is InChI=1S/C23H25F4NO2/c1-21(2)9-10-22(3,4)18-11-14(6-8-17(18)21)28(13-23(25,26)27)15-5-7-16(20(29)30)19(24)12-15/h5-8,11-12H,9-10,13H2,1-4H3,(H,29,30). The Hall–Kier alpha value is -2.57. The maximum Gasteiger partial charge on any atom is 0.406 e. The molecule has 2 aromatic carbocycles. The van der Waals surface area contributed by atoms with Crippen LogP contribution in [-0.4, -0.2) is 23.8 Å². The van der Waals surface area contributed by atoms with Gasteiger partial charge in [-0.1, -0.05) is 33.8 Å². The number of carbonyl (C=O) groups is 1. The summed E-state index contributed by atoms with van der Waals surface area (Å²) in [6.07, 6.45) is -2.66. The Balaban J connectivity index is 2.14. The van der Waals surface area contributed by atoms with Crippen LogP contribution in [0.5, 0.6) is 0 Å². The number of carboxylic acid groups (broad SMARTS) is 1. The molecule has 30 heavy (non-hydrogen) atoms. The molecule has 0 aliphatic heterocycles. The molecule has 0 saturated heterocycles. The topological polar surface area (TPSA) is 40.5 Å². The highest BCUT2D eigenvalue weighted by Crippen LogP contribution is 2.47. The largest absolute Gasteiger partial charge is 0.478 e. The molecule has 1 N–H and O–H groups in total. The Morgan fingerprint density at radius 3 is 2.03 bits per heavy atom. The molecule has 0 saturated carbocycles. The first kappa shape index (κ1) is 22.1. The first-order valence-corrected chi connectivity index (χ1v) is 9.73. The first-order chi connectivity index (χ1) is 13.7. The van der Waals surface area contributed by atoms with Crippen molar-refractivity contribution in [1.82, 2.24) is 0 Å². The second kappa shape index (κ2) is 7.29. The number of nitrogens with zero attached hydrogens (tertiary/aromatic N) is 1. The van der Waals surface area contributed by atoms with Crippen molar-refractivity contribution in [3.8, 4) is 0 Å². The van der Waals surface area contributed by atoms with Crippen molar-refractivity contribution in [2.45, 2.75) is 57.5 Å². The number of aromatic carboxylic acids is 1. The molecule has 1 aliphatic carbocycles. The summed E-state index contributed by atoms with van der Waals surface area (Å²) in [5.74, 6) is -2.55. The summed E-state index contributed by atoms with van der Waals surface area (Å²) in [4.78, 5) is 12.0. The summed E-state index contributed by atoms with van der Waals surface area (Å²) < 4.78 is 54.3. The Kier molecular flexibility index (Phi) is 5.37. The molecule has 7 heteroatoms. The summed E-state index contributed by atoms with van der Waals surface area (Å²) >= 11 is 0. The molecule has 0 atom stereocenters. The van der Waals surface area contributed by atoms with Crippen molar-refractivity contribution in [3.63, 3.8) is 0 Å². The van der Waals surface area contributed by atoms with E-state index in [-0.39, 0.29) is 16.5 Å². The number of anilines is 2. The maximum atomic E-state index is 14.2. The van der Waals surface area contributed by atoms with Crippen molar-refractivity contribution < 1.29 is 27.5 Å². The van der Waals surface area contributed by atoms with Gasteiger partial charge in [-0.25, -0.2) is 9.18 Å². The number of rotatable bonds is 4. The summed E-state index contributed by atoms with van der Waals surface area (Å²) in [5.41, 5.74) is 1.44. The van der Waals surface area contributed by atoms with Crippen LogP contribution in [0, 0.1) is 5.82 Å². The maximum absolute atomic E-state index is 14.2. The highest BCUT2D eigenvalue weighted by molar-refractivity contribution is 5.88. The zero-order valence-electron chi connectivity index (χ0n) is 17.4. The van der Waals surface area contributed by atoms with Gasteiger partial charge in [-0.3, -0.25) is 0 Å². The van der Waals surface area contributed by atoms with Crippen molar-refractivity contribution in [3.05, 3.63) is 58.9 Å². The van der Waals surface area contributed by atoms with Gasteiger partial charge in [0.05, 0.1) is 5.56 Å². The van der Waals surface area contributed by atoms with Gasteiger partial charge < -0.3 is 10.0 Å². The van der Waals surface area contributed by atoms with E-state index in [0.29, 0.717) is 5.69 Å². The number of halogens is 4. The van der Waals surface area contributed by atoms with Crippen molar-refractivity contribution >= 4 is 17.3 Å². The lowest BCUT2D eigenvalue weighted by Crippen LogP contribution is -2.35. The summed E-state index contributed by atoms with van der Waals surface area (Å²) in [6.45, 7) is 7.06. The normalized spacial score (nSPS) is 17.3. The van der Waals surface area contributed by atoms with Crippen molar-refractivity contribution in [2.75, 3.05) is 11.4 Å². The first-order valence-electron chi connectivity index (χ1n) is 9.73. The molecule has 0 heterocycles. The molecule has 0 aromatic heterocycles. The van der Waals surface area contributed by atoms with Gasteiger partial charge in [-0.15, -0.1) is 0 Å². The van der Waals surface area contributed by atoms with E-state index >= 15 is 0 Å². The second-order valence-corrected chi connectivity index (χ2v) is 9.17. The fraction of sp³-hybridized carbons (Fsp3) is 0.435. The number of hydrogen-bond donors (Lipinski definition) is 1. The Labute approximate surface area is 173 Å². The molecule has 3 nitrogen and oxygen atoms in total. The molecule has 0 unspecified atom stereocenters. The van der Waals surface area contributed by atoms with Crippen LogP contribution in [0.25, 0.3) is 0 Å². The molecule has 0 spiro atoms. The second-order valence-electron chi connectivity index (χ2n) is 9.17. The number of benzene rings is 2. The quantitative estimate of drug-likeness (QED) is 0.565. The monoisotopic (exact) mass is 423 g/mol. The van der Waals surface area contributed by atoms with Gasteiger partial charge in [-0.05, 0) is 65.1 Å². The molecule has 0 fully saturated rings. The predicted octanol–water partition coefficient (Wildman–Crippen LogP) is 6.57. The van der Waals surface area contributed by atoms with Crippen LogP contribution < -0.4 is 4.90 Å². The zero-order chi connectivity index (χ0) is 22.5. The minimum absolute atomic E-state index is 0.0531. The third-order valence-corrected chi connectivity index (χ3v) is 5.98. The van der Waals surface area contributed by atoms with Crippen LogP contribution in [-0.2, 0) is 10.8 Å². The van der Waals surface area contributed by atoms with Gasteiger partial charge in [0.15, 0.2) is 0 Å². The van der Waals surface area contributed by atoms with E-state index in [9.17, 15) is 22.4 Å². The van der Waals surface area contributed by atoms with Crippen molar-refractivity contribution in [1.29, 1.82) is 0 Å². The lowest BCUT2D eigenvalue weighted by atomic mass is 9.63. The molecular formula is C23H25F4NO2. The molecule has 2 aromatic rings. The Morgan fingerprint density at radius 2 is 1.50 bits per heavy atom. The van der Waals surface area contributed by atoms with Gasteiger partial charge in [0, 0.05) is 11.4 Å². The van der Waals surface area contributed by atoms with Gasteiger partial charge in [0.2, 0.25) is 0 Å². The van der Waals surface area contributed by atoms with Gasteiger partial charge in [-0.2, -0.15) is 13.2 Å². The van der Waals surface area contributed by atoms with E-state index in [4.69, 9.17) is 5.11 Å². The Bertz CT molecular complexity index is 980. The van der Waals surface area contributed by atoms with Crippen LogP contribution in [0.2, 0.25) is 0 Å². The number of hydrogen-bond acceptors (Lipinski definition) is 2. The molecule has 3 rings (SSSR count). The minimum Gasteiger partial charge on any atom is -0.478 e. The van der Waals surface area contributed by atoms with E-state index in [2.05, 4.69) is 27.7 Å². The SMILES string of the molecule is CC1(C)CCC(C)(C)c2cc(N(CC(F)(F)F)c3ccc(C(=O)O)c(F)c3)ccc21. The lowest BCUT2D eigenvalue weighted by Gasteiger charge is -2.42. The molecule has 0 bridgehead atoms. The average Bonchev–Trinajstić information content (AvgIpc) is 2.62. The van der Waals surface area contributed by atoms with Crippen LogP contribution >= 0.6 is 0 Å². The van der Waals surface area contributed by atoms with E-state index < -0.39 is 30.1 Å². The zero-order valence-corrected chi connectivity index (χ0v) is 17.4. The predicted molar refractivity (Wildman–Crippen MR) is 108 cm³/mol. The number of fused-ring (bicyclic) bond motifs is 1. The minimum atomic E-state index is -4.54. The van der Waals surface area contributed by atoms with E-state index in [1.807, 2.05) is 6.07 Å². The highest BCUT2D eigenvalue weighted by Gasteiger charge is 2.38. The van der Waals surface area contributed by atoms with Gasteiger partial charge >= 0.3 is 12.1 Å². The molecule has 0 radical (unpaired) electrons. The fourth-order valence-electron chi connectivity index (χ4n) is 4.10. The number of carboxylic acids is 1. The van der Waals surface area contributed by atoms with Crippen molar-refractivity contribution in [2.24, 2.45) is 0 Å². The van der Waals surface area contributed by atoms with E-state index in [1.54, 1.807) is 12.1 Å². The Morgan fingerprint density at radius 1 is 0.967 bits per heavy atom. The van der Waals surface area contributed by atoms with Crippen LogP contribution in [0.4, 0.5) is 28.9 Å². The van der Waals surface area contributed by atoms with E-state index in [0.717, 1.165) is 41.0 Å². The van der Waals surface area contributed by atoms with Crippen LogP contribution in [0.1, 0.15) is 62.0 Å². The van der Waals surface area contributed by atoms with Gasteiger partial charge in [0.1, 0.15) is 12.4 Å². The number of alkyl halides is 3. The fourth-order valence-corrected chi connectivity index (χ4v) is 4.10. The third kappa shape index (κ3) is 4.30. The van der Waals surface area contributed by atoms with Gasteiger partial charge in [0.25, 0.3) is 0 Å². The molecule has 162 valence electrons. The third-order valence-electron chi connectivity index (χ3n) is 5.98. The van der Waals surface area contributed by atoms with Crippen LogP contribution in [0.15, 0.2) is 36.4 Å². The lowest BCUT2D eigenvalue weighted by molar-refractivity contribution is -0.118. The van der Waals surface area contributed by atoms with E-state index in [1.165, 1.54) is 6.07 Å². The molecular weight excluding hydrogens is 398 g/mol. The highest BCUT2D eigenvalue weighted by atomic mass is 19.4. The average molecular weight is 423 g/mol.